The number of hydrogen-bond acceptors (Lipinski definition) is 5. The van der Waals surface area contributed by atoms with Crippen LogP contribution in [0.5, 0.6) is 11.5 Å². The van der Waals surface area contributed by atoms with Crippen molar-refractivity contribution in [3.63, 3.8) is 0 Å². The van der Waals surface area contributed by atoms with E-state index in [9.17, 15) is 9.59 Å². The summed E-state index contributed by atoms with van der Waals surface area (Å²) in [6, 6.07) is 14.3. The van der Waals surface area contributed by atoms with E-state index in [1.807, 2.05) is 24.3 Å². The molecule has 29 heavy (non-hydrogen) atoms. The molecule has 148 valence electrons. The molecule has 0 aliphatic rings. The van der Waals surface area contributed by atoms with Crippen molar-refractivity contribution >= 4 is 24.0 Å². The van der Waals surface area contributed by atoms with Crippen LogP contribution < -0.4 is 15.2 Å². The van der Waals surface area contributed by atoms with Crippen LogP contribution in [0.15, 0.2) is 54.1 Å². The Balaban J connectivity index is 2.13. The summed E-state index contributed by atoms with van der Waals surface area (Å²) in [4.78, 5) is 23.3. The summed E-state index contributed by atoms with van der Waals surface area (Å²) in [7, 11) is 1.42. The SMILES string of the molecule is COc1cc(/C=C(\C#N)C(N)=O)ccc1OC(=O)/C=C/c1ccc(C(C)C)cc1. The summed E-state index contributed by atoms with van der Waals surface area (Å²) < 4.78 is 10.6. The molecule has 1 amide bonds. The van der Waals surface area contributed by atoms with E-state index < -0.39 is 11.9 Å². The van der Waals surface area contributed by atoms with Crippen LogP contribution >= 0.6 is 0 Å². The lowest BCUT2D eigenvalue weighted by Crippen LogP contribution is -2.12. The lowest BCUT2D eigenvalue weighted by atomic mass is 10.0. The van der Waals surface area contributed by atoms with Crippen molar-refractivity contribution in [2.45, 2.75) is 19.8 Å². The molecular weight excluding hydrogens is 368 g/mol. The lowest BCUT2D eigenvalue weighted by Gasteiger charge is -2.09. The van der Waals surface area contributed by atoms with Crippen LogP contribution in [0.1, 0.15) is 36.5 Å². The van der Waals surface area contributed by atoms with Crippen molar-refractivity contribution in [3.8, 4) is 17.6 Å². The summed E-state index contributed by atoms with van der Waals surface area (Å²) in [5.74, 6) is -0.450. The van der Waals surface area contributed by atoms with Crippen molar-refractivity contribution in [3.05, 3.63) is 70.8 Å². The predicted molar refractivity (Wildman–Crippen MR) is 111 cm³/mol. The zero-order valence-electron chi connectivity index (χ0n) is 16.5. The molecule has 0 unspecified atom stereocenters. The normalized spacial score (nSPS) is 11.3. The van der Waals surface area contributed by atoms with Crippen molar-refractivity contribution in [1.82, 2.24) is 0 Å². The number of carbonyl (C=O) groups excluding carboxylic acids is 2. The number of hydrogen-bond donors (Lipinski definition) is 1. The third-order valence-electron chi connectivity index (χ3n) is 4.11. The van der Waals surface area contributed by atoms with E-state index in [4.69, 9.17) is 20.5 Å². The van der Waals surface area contributed by atoms with Gasteiger partial charge >= 0.3 is 5.97 Å². The Morgan fingerprint density at radius 3 is 2.28 bits per heavy atom. The van der Waals surface area contributed by atoms with Crippen LogP contribution in [0.3, 0.4) is 0 Å². The molecule has 2 N–H and O–H groups in total. The Kier molecular flexibility index (Phi) is 7.33. The number of methoxy groups -OCH3 is 1. The first-order valence-electron chi connectivity index (χ1n) is 8.93. The number of carbonyl (C=O) groups is 2. The standard InChI is InChI=1S/C23H22N2O4/c1-15(2)18-8-4-16(5-9-18)7-11-22(26)29-20-10-6-17(13-21(20)28-3)12-19(14-24)23(25)27/h4-13,15H,1-3H3,(H2,25,27)/b11-7+,19-12+. The lowest BCUT2D eigenvalue weighted by molar-refractivity contribution is -0.129. The number of amides is 1. The minimum atomic E-state index is -0.825. The largest absolute Gasteiger partial charge is 0.493 e. The van der Waals surface area contributed by atoms with Gasteiger partial charge in [-0.05, 0) is 46.9 Å². The molecule has 0 bridgehead atoms. The Bertz CT molecular complexity index is 997. The smallest absolute Gasteiger partial charge is 0.336 e. The van der Waals surface area contributed by atoms with Crippen LogP contribution in [-0.2, 0) is 9.59 Å². The molecule has 2 aromatic rings. The van der Waals surface area contributed by atoms with Crippen LogP contribution in [0.25, 0.3) is 12.2 Å². The van der Waals surface area contributed by atoms with Gasteiger partial charge in [0.15, 0.2) is 11.5 Å². The van der Waals surface area contributed by atoms with E-state index in [2.05, 4.69) is 13.8 Å². The third-order valence-corrected chi connectivity index (χ3v) is 4.11. The molecule has 0 spiro atoms. The number of nitrogens with zero attached hydrogens (tertiary/aromatic N) is 1. The minimum absolute atomic E-state index is 0.191. The van der Waals surface area contributed by atoms with Gasteiger partial charge < -0.3 is 15.2 Å². The Morgan fingerprint density at radius 2 is 1.72 bits per heavy atom. The highest BCUT2D eigenvalue weighted by molar-refractivity contribution is 6.00. The molecule has 0 fully saturated rings. The average molecular weight is 390 g/mol. The van der Waals surface area contributed by atoms with Gasteiger partial charge in [0, 0.05) is 6.08 Å². The average Bonchev–Trinajstić information content (AvgIpc) is 2.71. The predicted octanol–water partition coefficient (Wildman–Crippen LogP) is 3.83. The van der Waals surface area contributed by atoms with Crippen molar-refractivity contribution < 1.29 is 19.1 Å². The van der Waals surface area contributed by atoms with Crippen LogP contribution in [-0.4, -0.2) is 19.0 Å². The topological polar surface area (TPSA) is 102 Å². The second kappa shape index (κ2) is 9.90. The van der Waals surface area contributed by atoms with Gasteiger partial charge in [0.1, 0.15) is 11.6 Å². The molecule has 0 saturated heterocycles. The molecule has 0 aliphatic heterocycles. The van der Waals surface area contributed by atoms with Crippen LogP contribution in [0.2, 0.25) is 0 Å². The maximum Gasteiger partial charge on any atom is 0.336 e. The molecule has 0 atom stereocenters. The summed E-state index contributed by atoms with van der Waals surface area (Å²) >= 11 is 0. The number of benzene rings is 2. The molecule has 0 radical (unpaired) electrons. The Morgan fingerprint density at radius 1 is 1.07 bits per heavy atom. The zero-order chi connectivity index (χ0) is 21.4. The maximum absolute atomic E-state index is 12.1. The second-order valence-corrected chi connectivity index (χ2v) is 6.52. The Hall–Kier alpha value is -3.85. The first-order chi connectivity index (χ1) is 13.8. The van der Waals surface area contributed by atoms with Gasteiger partial charge in [-0.1, -0.05) is 44.2 Å². The van der Waals surface area contributed by atoms with Crippen molar-refractivity contribution in [2.24, 2.45) is 5.73 Å². The van der Waals surface area contributed by atoms with E-state index in [1.54, 1.807) is 18.2 Å². The number of rotatable bonds is 7. The molecule has 0 saturated carbocycles. The fraction of sp³-hybridized carbons (Fsp3) is 0.174. The van der Waals surface area contributed by atoms with Gasteiger partial charge in [-0.2, -0.15) is 5.26 Å². The summed E-state index contributed by atoms with van der Waals surface area (Å²) in [5, 5.41) is 8.93. The molecule has 2 aromatic carbocycles. The molecule has 2 rings (SSSR count). The van der Waals surface area contributed by atoms with Crippen LogP contribution in [0.4, 0.5) is 0 Å². The molecule has 0 heterocycles. The third kappa shape index (κ3) is 6.08. The van der Waals surface area contributed by atoms with E-state index in [1.165, 1.54) is 37.0 Å². The molecular formula is C23H22N2O4. The van der Waals surface area contributed by atoms with Gasteiger partial charge in [-0.15, -0.1) is 0 Å². The monoisotopic (exact) mass is 390 g/mol. The van der Waals surface area contributed by atoms with E-state index >= 15 is 0 Å². The Labute approximate surface area is 169 Å². The number of ether oxygens (including phenoxy) is 2. The van der Waals surface area contributed by atoms with Crippen LogP contribution in [0, 0.1) is 11.3 Å². The number of primary amides is 1. The minimum Gasteiger partial charge on any atom is -0.493 e. The number of nitriles is 1. The van der Waals surface area contributed by atoms with E-state index in [0.29, 0.717) is 11.5 Å². The molecule has 0 aromatic heterocycles. The quantitative estimate of drug-likeness (QED) is 0.335. The fourth-order valence-corrected chi connectivity index (χ4v) is 2.48. The summed E-state index contributed by atoms with van der Waals surface area (Å²) in [5.41, 5.74) is 7.55. The highest BCUT2D eigenvalue weighted by atomic mass is 16.6. The first-order valence-corrected chi connectivity index (χ1v) is 8.93. The van der Waals surface area contributed by atoms with Crippen molar-refractivity contribution in [1.29, 1.82) is 5.26 Å². The molecule has 6 heteroatoms. The summed E-state index contributed by atoms with van der Waals surface area (Å²) in [6.07, 6.45) is 4.33. The number of nitrogens with two attached hydrogens (primary N) is 1. The fourth-order valence-electron chi connectivity index (χ4n) is 2.48. The van der Waals surface area contributed by atoms with Crippen molar-refractivity contribution in [2.75, 3.05) is 7.11 Å². The van der Waals surface area contributed by atoms with E-state index in [-0.39, 0.29) is 17.1 Å². The van der Waals surface area contributed by atoms with Gasteiger partial charge in [0.25, 0.3) is 5.91 Å². The van der Waals surface area contributed by atoms with Gasteiger partial charge in [-0.3, -0.25) is 4.79 Å². The maximum atomic E-state index is 12.1. The first kappa shape index (κ1) is 21.5. The number of esters is 1. The highest BCUT2D eigenvalue weighted by Gasteiger charge is 2.10. The molecule has 0 aliphatic carbocycles. The zero-order valence-corrected chi connectivity index (χ0v) is 16.5. The highest BCUT2D eigenvalue weighted by Crippen LogP contribution is 2.29. The second-order valence-electron chi connectivity index (χ2n) is 6.52. The van der Waals surface area contributed by atoms with E-state index in [0.717, 1.165) is 5.56 Å². The van der Waals surface area contributed by atoms with Gasteiger partial charge in [-0.25, -0.2) is 4.79 Å². The van der Waals surface area contributed by atoms with Gasteiger partial charge in [0.05, 0.1) is 7.11 Å². The molecule has 6 nitrogen and oxygen atoms in total. The summed E-state index contributed by atoms with van der Waals surface area (Å²) in [6.45, 7) is 4.23. The van der Waals surface area contributed by atoms with Gasteiger partial charge in [0.2, 0.25) is 0 Å².